The van der Waals surface area contributed by atoms with Crippen LogP contribution in [0.3, 0.4) is 0 Å². The Morgan fingerprint density at radius 2 is 1.55 bits per heavy atom. The van der Waals surface area contributed by atoms with Crippen molar-refractivity contribution in [3.05, 3.63) is 76.6 Å². The van der Waals surface area contributed by atoms with Gasteiger partial charge in [0, 0.05) is 81.4 Å². The summed E-state index contributed by atoms with van der Waals surface area (Å²) >= 11 is 1.55. The Balaban J connectivity index is 0.836. The summed E-state index contributed by atoms with van der Waals surface area (Å²) in [4.78, 5) is 165. The van der Waals surface area contributed by atoms with Crippen molar-refractivity contribution >= 4 is 88.5 Å². The summed E-state index contributed by atoms with van der Waals surface area (Å²) in [6.45, 7) is 9.26. The summed E-state index contributed by atoms with van der Waals surface area (Å²) < 4.78 is 11.6. The summed E-state index contributed by atoms with van der Waals surface area (Å²) in [5.74, 6) is -4.75. The Hall–Kier alpha value is -7.38. The highest BCUT2D eigenvalue weighted by Crippen LogP contribution is 2.40. The topological polar surface area (TPSA) is 373 Å². The molecule has 86 heavy (non-hydrogen) atoms. The number of hydrogen-bond donors (Lipinski definition) is 10. The number of nitrogens with one attached hydrogen (secondary N) is 6. The number of benzene rings is 2. The van der Waals surface area contributed by atoms with Gasteiger partial charge >= 0.3 is 7.60 Å². The largest absolute Gasteiger partial charge is 0.396 e. The number of fused-ring (bicyclic) bond motifs is 2. The molecule has 0 bridgehead atoms. The van der Waals surface area contributed by atoms with E-state index in [0.717, 1.165) is 53.8 Å². The molecule has 0 spiro atoms. The zero-order chi connectivity index (χ0) is 62.6. The fourth-order valence-corrected chi connectivity index (χ4v) is 12.6. The van der Waals surface area contributed by atoms with Crippen molar-refractivity contribution in [2.75, 3.05) is 26.2 Å². The van der Waals surface area contributed by atoms with Gasteiger partial charge in [-0.2, -0.15) is 0 Å². The van der Waals surface area contributed by atoms with Crippen LogP contribution in [0.5, 0.6) is 0 Å². The zero-order valence-electron chi connectivity index (χ0n) is 49.2. The van der Waals surface area contributed by atoms with E-state index in [1.54, 1.807) is 16.8 Å². The predicted octanol–water partition coefficient (Wildman–Crippen LogP) is 3.42. The number of nitrogens with zero attached hydrogens (tertiary/aromatic N) is 4. The number of nitrogens with two attached hydrogens (primary N) is 1. The van der Waals surface area contributed by atoms with Crippen molar-refractivity contribution in [2.24, 2.45) is 11.1 Å². The van der Waals surface area contributed by atoms with Gasteiger partial charge in [-0.05, 0) is 86.3 Å². The van der Waals surface area contributed by atoms with Crippen LogP contribution in [0.2, 0.25) is 0 Å². The van der Waals surface area contributed by atoms with E-state index in [-0.39, 0.29) is 99.2 Å². The maximum atomic E-state index is 14.5. The van der Waals surface area contributed by atoms with E-state index in [2.05, 4.69) is 36.6 Å². The summed E-state index contributed by atoms with van der Waals surface area (Å²) in [5.41, 5.74) is 8.02. The van der Waals surface area contributed by atoms with E-state index < -0.39 is 96.3 Å². The molecule has 466 valence electrons. The van der Waals surface area contributed by atoms with Crippen LogP contribution in [-0.2, 0) is 49.5 Å². The van der Waals surface area contributed by atoms with Crippen LogP contribution in [0.1, 0.15) is 150 Å². The molecule has 27 heteroatoms. The van der Waals surface area contributed by atoms with Crippen LogP contribution in [0.15, 0.2) is 54.0 Å². The molecule has 3 fully saturated rings. The molecule has 3 saturated heterocycles. The van der Waals surface area contributed by atoms with Gasteiger partial charge in [-0.1, -0.05) is 77.1 Å². The maximum Gasteiger partial charge on any atom is 0.396 e. The lowest BCUT2D eigenvalue weighted by Gasteiger charge is -2.38. The normalized spacial score (nSPS) is 19.7. The van der Waals surface area contributed by atoms with E-state index in [4.69, 9.17) is 5.73 Å². The molecule has 7 atom stereocenters. The van der Waals surface area contributed by atoms with Crippen LogP contribution in [-0.4, -0.2) is 167 Å². The lowest BCUT2D eigenvalue weighted by Crippen LogP contribution is -2.61. The fraction of sp³-hybridized carbons (Fsp3) is 0.542. The first-order chi connectivity index (χ1) is 40.7. The molecule has 25 nitrogen and oxygen atoms in total. The average molecular weight is 1230 g/mol. The van der Waals surface area contributed by atoms with Gasteiger partial charge < -0.3 is 66.9 Å². The van der Waals surface area contributed by atoms with Gasteiger partial charge in [0.15, 0.2) is 0 Å². The second-order valence-corrected chi connectivity index (χ2v) is 26.0. The molecule has 0 aliphatic carbocycles. The van der Waals surface area contributed by atoms with Crippen LogP contribution >= 0.6 is 18.9 Å². The second kappa shape index (κ2) is 29.3. The highest BCUT2D eigenvalue weighted by molar-refractivity contribution is 7.70. The number of carbonyl (C=O) groups excluding carboxylic acids is 10. The monoisotopic (exact) mass is 1230 g/mol. The number of amides is 9. The molecule has 3 aliphatic rings. The Bertz CT molecular complexity index is 3210. The molecular formula is C59H80N11O14PS. The highest BCUT2D eigenvalue weighted by Gasteiger charge is 2.47. The zero-order valence-corrected chi connectivity index (χ0v) is 50.9. The first kappa shape index (κ1) is 66.2. The van der Waals surface area contributed by atoms with Crippen LogP contribution in [0, 0.1) is 12.3 Å². The number of H-pyrrole nitrogens is 1. The number of likely N-dealkylation sites (tertiary alicyclic amines) is 1. The molecule has 0 radical (unpaired) electrons. The summed E-state index contributed by atoms with van der Waals surface area (Å²) in [5, 5.41) is 25.0. The number of aromatic amines is 1. The van der Waals surface area contributed by atoms with Gasteiger partial charge in [0.1, 0.15) is 35.9 Å². The minimum Gasteiger partial charge on any atom is -0.391 e. The minimum atomic E-state index is -5.09. The molecular weight excluding hydrogens is 1150 g/mol. The summed E-state index contributed by atoms with van der Waals surface area (Å²) in [6.07, 6.45) is 5.23. The molecule has 4 aromatic rings. The lowest BCUT2D eigenvalue weighted by molar-refractivity contribution is -0.145. The minimum absolute atomic E-state index is 0.0312. The number of β-amino-alcohol motifs (C(OH)–C–C–N with tert-alkyl or cyclic N) is 1. The predicted molar refractivity (Wildman–Crippen MR) is 318 cm³/mol. The maximum absolute atomic E-state index is 14.5. The van der Waals surface area contributed by atoms with E-state index in [0.29, 0.717) is 31.2 Å². The van der Waals surface area contributed by atoms with Crippen LogP contribution < -0.4 is 32.3 Å². The standard InChI is InChI=1S/C59H80N11O14PS/c1-34-50(86-33-63-34)37-16-14-36(15-17-37)30-62-54(77)47-29-41(72)31-69(47)57(80)51(59(3,4)5)67-49(74)13-11-9-7-6-8-10-12-25-61-52(75)43(21-23-48(60)73)65-55(78)46-22-19-40-24-26-68(35(2)71)32-45(56(79)70(40)46)66-53(76)44-28-39-27-38(18-20-42(39)64-44)58(81)85(82,83)84/h14-18,20,27-28,33,40-41,43,45-47,51,64,72H,6-13,19,21-26,29-32H2,1-5H3,(H2,60,73)(H,61,75)(H,62,77)(H,65,78)(H,66,76)(H,67,74)(H2,82,83,84)/t40-,41-,43+,45+,46+,47+,51?/m1/s1. The third kappa shape index (κ3) is 17.4. The average Bonchev–Trinajstić information content (AvgIpc) is 2.63. The molecule has 11 N–H and O–H groups in total. The number of thiazole rings is 1. The number of primary amides is 1. The quantitative estimate of drug-likeness (QED) is 0.0318. The number of carbonyl (C=O) groups is 10. The van der Waals surface area contributed by atoms with Crippen molar-refractivity contribution in [3.63, 3.8) is 0 Å². The third-order valence-electron chi connectivity index (χ3n) is 16.0. The van der Waals surface area contributed by atoms with Crippen molar-refractivity contribution in [1.82, 2.24) is 51.3 Å². The van der Waals surface area contributed by atoms with E-state index in [1.807, 2.05) is 52.0 Å². The smallest absolute Gasteiger partial charge is 0.391 e. The Kier molecular flexibility index (Phi) is 22.6. The SMILES string of the molecule is CC(=O)N1CC[C@H]2CC[C@@H](C(=O)N[C@@H](CCC(N)=O)C(=O)NCCCCCCCCCC(=O)NC(C(=O)N3C[C@H](O)C[C@H]3C(=O)NCc3ccc(-c4scnc4C)cc3)C(C)(C)C)N2C(=O)[C@@H](NC(=O)c2cc3cc(C(=O)P(=O)(O)O)ccc3[nH]2)C1. The number of aliphatic hydroxyl groups is 1. The van der Waals surface area contributed by atoms with Gasteiger partial charge in [0.25, 0.3) is 11.4 Å². The molecule has 3 aliphatic heterocycles. The molecule has 0 saturated carbocycles. The number of unbranched alkanes of at least 4 members (excludes halogenated alkanes) is 6. The molecule has 1 unspecified atom stereocenters. The van der Waals surface area contributed by atoms with Crippen LogP contribution in [0.25, 0.3) is 21.3 Å². The molecule has 7 rings (SSSR count). The molecule has 2 aromatic carbocycles. The van der Waals surface area contributed by atoms with Crippen LogP contribution in [0.4, 0.5) is 0 Å². The van der Waals surface area contributed by atoms with Gasteiger partial charge in [-0.3, -0.25) is 52.5 Å². The fourth-order valence-electron chi connectivity index (χ4n) is 11.3. The second-order valence-electron chi connectivity index (χ2n) is 23.6. The van der Waals surface area contributed by atoms with E-state index in [9.17, 15) is 67.4 Å². The van der Waals surface area contributed by atoms with Gasteiger partial charge in [0.2, 0.25) is 47.3 Å². The van der Waals surface area contributed by atoms with Gasteiger partial charge in [-0.25, -0.2) is 4.98 Å². The number of aliphatic hydroxyl groups excluding tert-OH is 1. The Morgan fingerprint density at radius 3 is 2.20 bits per heavy atom. The van der Waals surface area contributed by atoms with Crippen molar-refractivity contribution < 1.29 is 67.4 Å². The highest BCUT2D eigenvalue weighted by atomic mass is 32.1. The lowest BCUT2D eigenvalue weighted by atomic mass is 9.85. The van der Waals surface area contributed by atoms with E-state index in [1.165, 1.54) is 45.9 Å². The molecule has 2 aromatic heterocycles. The Morgan fingerprint density at radius 1 is 0.849 bits per heavy atom. The molecule has 9 amide bonds. The van der Waals surface area contributed by atoms with Gasteiger partial charge in [0.05, 0.1) is 22.2 Å². The number of rotatable bonds is 26. The van der Waals surface area contributed by atoms with Gasteiger partial charge in [-0.15, -0.1) is 11.3 Å². The summed E-state index contributed by atoms with van der Waals surface area (Å²) in [7, 11) is -5.09. The molecule has 5 heterocycles. The van der Waals surface area contributed by atoms with Crippen molar-refractivity contribution in [3.8, 4) is 10.4 Å². The van der Waals surface area contributed by atoms with E-state index >= 15 is 0 Å². The first-order valence-corrected chi connectivity index (χ1v) is 31.7. The summed E-state index contributed by atoms with van der Waals surface area (Å²) in [6, 6.07) is 7.01. The van der Waals surface area contributed by atoms with Crippen molar-refractivity contribution in [1.29, 1.82) is 0 Å². The number of aryl methyl sites for hydroxylation is 1. The Labute approximate surface area is 502 Å². The third-order valence-corrected chi connectivity index (χ3v) is 17.8. The van der Waals surface area contributed by atoms with Crippen molar-refractivity contribution in [2.45, 2.75) is 173 Å². The first-order valence-electron chi connectivity index (χ1n) is 29.2. The number of aromatic nitrogens is 2. The number of hydrogen-bond acceptors (Lipinski definition) is 14.